The fourth-order valence-electron chi connectivity index (χ4n) is 1.56. The van der Waals surface area contributed by atoms with Crippen LogP contribution in [0, 0.1) is 6.92 Å². The van der Waals surface area contributed by atoms with E-state index in [4.69, 9.17) is 0 Å². The lowest BCUT2D eigenvalue weighted by Gasteiger charge is -2.04. The van der Waals surface area contributed by atoms with Crippen molar-refractivity contribution >= 4 is 5.97 Å². The minimum atomic E-state index is -0.354. The molecule has 0 aromatic carbocycles. The first-order valence-corrected chi connectivity index (χ1v) is 5.52. The summed E-state index contributed by atoms with van der Waals surface area (Å²) in [6, 6.07) is 7.43. The molecule has 2 aromatic heterocycles. The van der Waals surface area contributed by atoms with E-state index in [1.165, 1.54) is 7.11 Å². The van der Waals surface area contributed by atoms with E-state index in [9.17, 15) is 4.79 Å². The van der Waals surface area contributed by atoms with E-state index in [0.717, 1.165) is 11.4 Å². The summed E-state index contributed by atoms with van der Waals surface area (Å²) in [5.41, 5.74) is 2.26. The third-order valence-electron chi connectivity index (χ3n) is 2.36. The normalized spacial score (nSPS) is 10.1. The summed E-state index contributed by atoms with van der Waals surface area (Å²) in [7, 11) is 1.35. The summed E-state index contributed by atoms with van der Waals surface area (Å²) in [4.78, 5) is 24.0. The second kappa shape index (κ2) is 5.35. The third-order valence-corrected chi connectivity index (χ3v) is 2.36. The number of aryl methyl sites for hydroxylation is 1. The van der Waals surface area contributed by atoms with Crippen molar-refractivity contribution in [3.8, 4) is 11.4 Å². The Kier molecular flexibility index (Phi) is 3.62. The van der Waals surface area contributed by atoms with Crippen molar-refractivity contribution in [1.82, 2.24) is 15.0 Å². The number of pyridine rings is 1. The highest BCUT2D eigenvalue weighted by Crippen LogP contribution is 2.14. The second-order valence-electron chi connectivity index (χ2n) is 3.78. The Morgan fingerprint density at radius 3 is 2.78 bits per heavy atom. The molecule has 92 valence electrons. The molecule has 0 aliphatic rings. The molecule has 5 nitrogen and oxygen atoms in total. The van der Waals surface area contributed by atoms with E-state index in [0.29, 0.717) is 11.5 Å². The van der Waals surface area contributed by atoms with Gasteiger partial charge in [-0.2, -0.15) is 0 Å². The van der Waals surface area contributed by atoms with Gasteiger partial charge in [-0.25, -0.2) is 9.97 Å². The van der Waals surface area contributed by atoms with Gasteiger partial charge in [-0.05, 0) is 25.1 Å². The maximum absolute atomic E-state index is 11.2. The fraction of sp³-hybridized carbons (Fsp3) is 0.231. The number of hydrogen-bond acceptors (Lipinski definition) is 5. The minimum Gasteiger partial charge on any atom is -0.469 e. The zero-order chi connectivity index (χ0) is 13.0. The van der Waals surface area contributed by atoms with E-state index in [1.807, 2.05) is 31.2 Å². The Morgan fingerprint density at radius 2 is 2.11 bits per heavy atom. The molecule has 0 fully saturated rings. The van der Waals surface area contributed by atoms with Crippen LogP contribution in [0.15, 0.2) is 30.5 Å². The molecule has 0 aliphatic heterocycles. The van der Waals surface area contributed by atoms with E-state index in [-0.39, 0.29) is 12.4 Å². The summed E-state index contributed by atoms with van der Waals surface area (Å²) >= 11 is 0. The Hall–Kier alpha value is -2.30. The number of esters is 1. The van der Waals surface area contributed by atoms with Crippen LogP contribution in [-0.4, -0.2) is 28.0 Å². The Balaban J connectivity index is 2.35. The largest absolute Gasteiger partial charge is 0.469 e. The highest BCUT2D eigenvalue weighted by atomic mass is 16.5. The molecule has 0 unspecified atom stereocenters. The molecule has 0 saturated carbocycles. The van der Waals surface area contributed by atoms with Crippen LogP contribution < -0.4 is 0 Å². The average molecular weight is 243 g/mol. The van der Waals surface area contributed by atoms with Crippen molar-refractivity contribution in [2.45, 2.75) is 13.3 Å². The number of methoxy groups -OCH3 is 1. The van der Waals surface area contributed by atoms with Gasteiger partial charge in [0.1, 0.15) is 12.2 Å². The Bertz CT molecular complexity index is 555. The van der Waals surface area contributed by atoms with Crippen molar-refractivity contribution in [2.75, 3.05) is 7.11 Å². The standard InChI is InChI=1S/C13H13N3O2/c1-9-7-11(10-5-3-4-6-14-10)16-12(15-9)8-13(17)18-2/h3-7H,8H2,1-2H3. The first-order chi connectivity index (χ1) is 8.69. The Labute approximate surface area is 105 Å². The van der Waals surface area contributed by atoms with E-state index in [2.05, 4.69) is 19.7 Å². The molecule has 2 rings (SSSR count). The number of carbonyl (C=O) groups is 1. The van der Waals surface area contributed by atoms with Gasteiger partial charge in [0, 0.05) is 11.9 Å². The molecule has 2 heterocycles. The highest BCUT2D eigenvalue weighted by molar-refractivity contribution is 5.71. The number of nitrogens with zero attached hydrogens (tertiary/aromatic N) is 3. The maximum atomic E-state index is 11.2. The summed E-state index contributed by atoms with van der Waals surface area (Å²) < 4.78 is 4.61. The molecule has 0 aliphatic carbocycles. The zero-order valence-electron chi connectivity index (χ0n) is 10.3. The first kappa shape index (κ1) is 12.2. The molecule has 18 heavy (non-hydrogen) atoms. The van der Waals surface area contributed by atoms with Gasteiger partial charge in [-0.3, -0.25) is 9.78 Å². The van der Waals surface area contributed by atoms with Gasteiger partial charge in [-0.15, -0.1) is 0 Å². The SMILES string of the molecule is COC(=O)Cc1nc(C)cc(-c2ccccn2)n1. The molecule has 0 amide bonds. The van der Waals surface area contributed by atoms with Crippen LogP contribution in [0.25, 0.3) is 11.4 Å². The number of aromatic nitrogens is 3. The lowest BCUT2D eigenvalue weighted by Crippen LogP contribution is -2.09. The number of carbonyl (C=O) groups excluding carboxylic acids is 1. The molecular formula is C13H13N3O2. The van der Waals surface area contributed by atoms with Crippen molar-refractivity contribution in [3.05, 3.63) is 42.0 Å². The topological polar surface area (TPSA) is 65.0 Å². The van der Waals surface area contributed by atoms with Crippen LogP contribution >= 0.6 is 0 Å². The number of ether oxygens (including phenoxy) is 1. The van der Waals surface area contributed by atoms with Gasteiger partial charge in [0.25, 0.3) is 0 Å². The van der Waals surface area contributed by atoms with Gasteiger partial charge in [0.2, 0.25) is 0 Å². The monoisotopic (exact) mass is 243 g/mol. The first-order valence-electron chi connectivity index (χ1n) is 5.52. The zero-order valence-corrected chi connectivity index (χ0v) is 10.3. The van der Waals surface area contributed by atoms with Crippen LogP contribution in [0.1, 0.15) is 11.5 Å². The summed E-state index contributed by atoms with van der Waals surface area (Å²) in [5, 5.41) is 0. The molecular weight excluding hydrogens is 230 g/mol. The lowest BCUT2D eigenvalue weighted by molar-refractivity contribution is -0.139. The fourth-order valence-corrected chi connectivity index (χ4v) is 1.56. The van der Waals surface area contributed by atoms with Crippen LogP contribution in [-0.2, 0) is 16.0 Å². The molecule has 0 N–H and O–H groups in total. The highest BCUT2D eigenvalue weighted by Gasteiger charge is 2.09. The quantitative estimate of drug-likeness (QED) is 0.765. The lowest BCUT2D eigenvalue weighted by atomic mass is 10.2. The van der Waals surface area contributed by atoms with Crippen molar-refractivity contribution in [2.24, 2.45) is 0 Å². The molecule has 5 heteroatoms. The van der Waals surface area contributed by atoms with Gasteiger partial charge < -0.3 is 4.74 Å². The van der Waals surface area contributed by atoms with Gasteiger partial charge >= 0.3 is 5.97 Å². The molecule has 0 saturated heterocycles. The van der Waals surface area contributed by atoms with Crippen LogP contribution in [0.3, 0.4) is 0 Å². The van der Waals surface area contributed by atoms with Crippen LogP contribution in [0.5, 0.6) is 0 Å². The van der Waals surface area contributed by atoms with Crippen LogP contribution in [0.4, 0.5) is 0 Å². The number of rotatable bonds is 3. The molecule has 0 radical (unpaired) electrons. The smallest absolute Gasteiger partial charge is 0.313 e. The van der Waals surface area contributed by atoms with E-state index in [1.54, 1.807) is 6.20 Å². The third kappa shape index (κ3) is 2.88. The number of hydrogen-bond donors (Lipinski definition) is 0. The predicted molar refractivity (Wildman–Crippen MR) is 65.7 cm³/mol. The molecule has 0 bridgehead atoms. The minimum absolute atomic E-state index is 0.0675. The second-order valence-corrected chi connectivity index (χ2v) is 3.78. The van der Waals surface area contributed by atoms with Gasteiger partial charge in [0.05, 0.1) is 18.5 Å². The maximum Gasteiger partial charge on any atom is 0.313 e. The predicted octanol–water partition coefficient (Wildman–Crippen LogP) is 1.56. The molecule has 0 spiro atoms. The Morgan fingerprint density at radius 1 is 1.28 bits per heavy atom. The van der Waals surface area contributed by atoms with Crippen molar-refractivity contribution in [1.29, 1.82) is 0 Å². The van der Waals surface area contributed by atoms with Crippen LogP contribution in [0.2, 0.25) is 0 Å². The van der Waals surface area contributed by atoms with Crippen molar-refractivity contribution in [3.63, 3.8) is 0 Å². The van der Waals surface area contributed by atoms with Gasteiger partial charge in [0.15, 0.2) is 0 Å². The van der Waals surface area contributed by atoms with Crippen molar-refractivity contribution < 1.29 is 9.53 Å². The average Bonchev–Trinajstić information content (AvgIpc) is 2.39. The summed E-state index contributed by atoms with van der Waals surface area (Å²) in [6.07, 6.45) is 1.77. The van der Waals surface area contributed by atoms with Gasteiger partial charge in [-0.1, -0.05) is 6.07 Å². The van der Waals surface area contributed by atoms with E-state index < -0.39 is 0 Å². The molecule has 2 aromatic rings. The summed E-state index contributed by atoms with van der Waals surface area (Å²) in [5.74, 6) is 0.0927. The summed E-state index contributed by atoms with van der Waals surface area (Å²) in [6.45, 7) is 1.86. The van der Waals surface area contributed by atoms with E-state index >= 15 is 0 Å². The molecule has 0 atom stereocenters.